The topological polar surface area (TPSA) is 91.2 Å². The van der Waals surface area contributed by atoms with Crippen molar-refractivity contribution in [1.29, 1.82) is 0 Å². The number of aromatic nitrogens is 1. The molecule has 0 aromatic carbocycles. The Hall–Kier alpha value is -1.95. The fourth-order valence-electron chi connectivity index (χ4n) is 1.28. The van der Waals surface area contributed by atoms with Crippen LogP contribution >= 0.6 is 0 Å². The number of aryl methyl sites for hydroxylation is 1. The molecule has 86 valence electrons. The lowest BCUT2D eigenvalue weighted by Gasteiger charge is -2.07. The molecular weight excluding hydrogens is 210 g/mol. The zero-order valence-electron chi connectivity index (χ0n) is 8.97. The molecule has 0 fully saturated rings. The minimum atomic E-state index is -0.517. The van der Waals surface area contributed by atoms with Crippen molar-refractivity contribution in [3.8, 4) is 0 Å². The second kappa shape index (κ2) is 4.71. The Morgan fingerprint density at radius 2 is 2.31 bits per heavy atom. The van der Waals surface area contributed by atoms with Gasteiger partial charge in [-0.05, 0) is 12.5 Å². The first kappa shape index (κ1) is 12.1. The van der Waals surface area contributed by atoms with Gasteiger partial charge < -0.3 is 10.3 Å². The highest BCUT2D eigenvalue weighted by molar-refractivity contribution is 5.36. The number of nitrogens with two attached hydrogens (primary N) is 1. The Kier molecular flexibility index (Phi) is 3.57. The molecule has 0 amide bonds. The maximum absolute atomic E-state index is 11.5. The number of nitro groups is 1. The van der Waals surface area contributed by atoms with Gasteiger partial charge in [0.1, 0.15) is 0 Å². The molecule has 1 heterocycles. The molecule has 0 bridgehead atoms. The van der Waals surface area contributed by atoms with Crippen LogP contribution in [0.15, 0.2) is 29.2 Å². The van der Waals surface area contributed by atoms with E-state index in [0.717, 1.165) is 0 Å². The summed E-state index contributed by atoms with van der Waals surface area (Å²) in [5.74, 6) is 0. The third-order valence-electron chi connectivity index (χ3n) is 2.18. The van der Waals surface area contributed by atoms with Crippen LogP contribution in [0.25, 0.3) is 0 Å². The third kappa shape index (κ3) is 2.54. The van der Waals surface area contributed by atoms with Gasteiger partial charge in [0.05, 0.1) is 11.1 Å². The lowest BCUT2D eigenvalue weighted by atomic mass is 10.2. The Morgan fingerprint density at radius 3 is 2.81 bits per heavy atom. The van der Waals surface area contributed by atoms with Crippen molar-refractivity contribution in [3.05, 3.63) is 50.4 Å². The summed E-state index contributed by atoms with van der Waals surface area (Å²) in [6.07, 6.45) is 1.22. The van der Waals surface area contributed by atoms with E-state index in [1.807, 2.05) is 0 Å². The quantitative estimate of drug-likeness (QED) is 0.459. The highest BCUT2D eigenvalue weighted by atomic mass is 16.6. The number of hydrogen-bond acceptors (Lipinski definition) is 4. The molecule has 0 radical (unpaired) electrons. The molecule has 0 aliphatic carbocycles. The molecule has 16 heavy (non-hydrogen) atoms. The lowest BCUT2D eigenvalue weighted by Crippen LogP contribution is -2.22. The number of rotatable bonds is 4. The predicted octanol–water partition coefficient (Wildman–Crippen LogP) is 0.580. The van der Waals surface area contributed by atoms with Gasteiger partial charge in [0.15, 0.2) is 0 Å². The Bertz CT molecular complexity index is 491. The second-order valence-corrected chi connectivity index (χ2v) is 3.52. The van der Waals surface area contributed by atoms with E-state index in [1.165, 1.54) is 23.8 Å². The van der Waals surface area contributed by atoms with E-state index in [2.05, 4.69) is 6.58 Å². The molecule has 0 atom stereocenters. The van der Waals surface area contributed by atoms with Gasteiger partial charge >= 0.3 is 0 Å². The van der Waals surface area contributed by atoms with Gasteiger partial charge in [0, 0.05) is 24.7 Å². The van der Waals surface area contributed by atoms with Crippen molar-refractivity contribution in [2.45, 2.75) is 13.5 Å². The van der Waals surface area contributed by atoms with Gasteiger partial charge in [-0.15, -0.1) is 0 Å². The van der Waals surface area contributed by atoms with Crippen LogP contribution in [-0.4, -0.2) is 16.0 Å². The maximum Gasteiger partial charge on any atom is 0.288 e. The molecule has 0 spiro atoms. The SMILES string of the molecule is C=C(CN)Cn1cc([N+](=O)[O-])c(C)cc1=O. The lowest BCUT2D eigenvalue weighted by molar-refractivity contribution is -0.385. The smallest absolute Gasteiger partial charge is 0.288 e. The van der Waals surface area contributed by atoms with E-state index in [1.54, 1.807) is 0 Å². The predicted molar refractivity (Wildman–Crippen MR) is 60.3 cm³/mol. The van der Waals surface area contributed by atoms with Crippen molar-refractivity contribution in [2.24, 2.45) is 5.73 Å². The normalized spacial score (nSPS) is 10.1. The maximum atomic E-state index is 11.5. The molecule has 6 heteroatoms. The zero-order valence-corrected chi connectivity index (χ0v) is 8.97. The van der Waals surface area contributed by atoms with E-state index in [0.29, 0.717) is 11.1 Å². The second-order valence-electron chi connectivity index (χ2n) is 3.52. The molecule has 1 aromatic rings. The summed E-state index contributed by atoms with van der Waals surface area (Å²) in [6.45, 7) is 5.63. The zero-order chi connectivity index (χ0) is 12.3. The average molecular weight is 223 g/mol. The van der Waals surface area contributed by atoms with E-state index >= 15 is 0 Å². The number of pyridine rings is 1. The molecule has 0 aliphatic rings. The minimum Gasteiger partial charge on any atom is -0.327 e. The molecule has 1 rings (SSSR count). The Morgan fingerprint density at radius 1 is 1.69 bits per heavy atom. The third-order valence-corrected chi connectivity index (χ3v) is 2.18. The number of nitrogens with zero attached hydrogens (tertiary/aromatic N) is 2. The molecular formula is C10H13N3O3. The van der Waals surface area contributed by atoms with Crippen molar-refractivity contribution >= 4 is 5.69 Å². The summed E-state index contributed by atoms with van der Waals surface area (Å²) in [4.78, 5) is 21.7. The molecule has 0 aliphatic heterocycles. The highest BCUT2D eigenvalue weighted by Gasteiger charge is 2.13. The molecule has 2 N–H and O–H groups in total. The fourth-order valence-corrected chi connectivity index (χ4v) is 1.28. The van der Waals surface area contributed by atoms with Gasteiger partial charge in [-0.3, -0.25) is 14.9 Å². The fraction of sp³-hybridized carbons (Fsp3) is 0.300. The average Bonchev–Trinajstić information content (AvgIpc) is 2.21. The Labute approximate surface area is 92.2 Å². The molecule has 1 aromatic heterocycles. The highest BCUT2D eigenvalue weighted by Crippen LogP contribution is 2.14. The summed E-state index contributed by atoms with van der Waals surface area (Å²) in [5, 5.41) is 10.7. The van der Waals surface area contributed by atoms with Crippen molar-refractivity contribution < 1.29 is 4.92 Å². The van der Waals surface area contributed by atoms with Crippen LogP contribution in [0.3, 0.4) is 0 Å². The molecule has 0 saturated carbocycles. The molecule has 0 unspecified atom stereocenters. The number of hydrogen-bond donors (Lipinski definition) is 1. The summed E-state index contributed by atoms with van der Waals surface area (Å²) < 4.78 is 1.24. The monoisotopic (exact) mass is 223 g/mol. The van der Waals surface area contributed by atoms with Crippen LogP contribution in [0.1, 0.15) is 5.56 Å². The van der Waals surface area contributed by atoms with E-state index in [4.69, 9.17) is 5.73 Å². The standard InChI is InChI=1S/C10H13N3O3/c1-7(4-11)5-12-6-9(13(15)16)8(2)3-10(12)14/h3,6H,1,4-5,11H2,2H3. The largest absolute Gasteiger partial charge is 0.327 e. The first-order valence-electron chi connectivity index (χ1n) is 4.68. The first-order chi connectivity index (χ1) is 7.45. The van der Waals surface area contributed by atoms with Gasteiger partial charge in [-0.2, -0.15) is 0 Å². The van der Waals surface area contributed by atoms with Crippen LogP contribution in [-0.2, 0) is 6.54 Å². The summed E-state index contributed by atoms with van der Waals surface area (Å²) >= 11 is 0. The van der Waals surface area contributed by atoms with Gasteiger partial charge in [-0.1, -0.05) is 6.58 Å². The van der Waals surface area contributed by atoms with Gasteiger partial charge in [0.2, 0.25) is 0 Å². The van der Waals surface area contributed by atoms with Crippen LogP contribution < -0.4 is 11.3 Å². The molecule has 0 saturated heterocycles. The van der Waals surface area contributed by atoms with Gasteiger partial charge in [-0.25, -0.2) is 0 Å². The Balaban J connectivity index is 3.20. The van der Waals surface area contributed by atoms with Crippen molar-refractivity contribution in [1.82, 2.24) is 4.57 Å². The van der Waals surface area contributed by atoms with Crippen LogP contribution in [0, 0.1) is 17.0 Å². The summed E-state index contributed by atoms with van der Waals surface area (Å²) in [7, 11) is 0. The van der Waals surface area contributed by atoms with Gasteiger partial charge in [0.25, 0.3) is 11.2 Å². The van der Waals surface area contributed by atoms with Crippen molar-refractivity contribution in [3.63, 3.8) is 0 Å². The van der Waals surface area contributed by atoms with Crippen LogP contribution in [0.5, 0.6) is 0 Å². The van der Waals surface area contributed by atoms with E-state index in [9.17, 15) is 14.9 Å². The van der Waals surface area contributed by atoms with E-state index < -0.39 is 4.92 Å². The van der Waals surface area contributed by atoms with Crippen molar-refractivity contribution in [2.75, 3.05) is 6.54 Å². The first-order valence-corrected chi connectivity index (χ1v) is 4.68. The minimum absolute atomic E-state index is 0.0792. The van der Waals surface area contributed by atoms with E-state index in [-0.39, 0.29) is 24.3 Å². The summed E-state index contributed by atoms with van der Waals surface area (Å²) in [6, 6.07) is 1.24. The van der Waals surface area contributed by atoms with Crippen LogP contribution in [0.4, 0.5) is 5.69 Å². The van der Waals surface area contributed by atoms with Crippen LogP contribution in [0.2, 0.25) is 0 Å². The molecule has 6 nitrogen and oxygen atoms in total. The summed E-state index contributed by atoms with van der Waals surface area (Å²) in [5.41, 5.74) is 5.97.